The second-order valence-corrected chi connectivity index (χ2v) is 4.90. The van der Waals surface area contributed by atoms with Gasteiger partial charge in [-0.05, 0) is 36.8 Å². The van der Waals surface area contributed by atoms with E-state index in [2.05, 4.69) is 0 Å². The SMILES string of the molecule is CC(C)CC(O)CCc1cc(F)cc([N+](=O)[O-])c1. The largest absolute Gasteiger partial charge is 0.393 e. The van der Waals surface area contributed by atoms with Gasteiger partial charge in [-0.2, -0.15) is 0 Å². The zero-order chi connectivity index (χ0) is 13.7. The second-order valence-electron chi connectivity index (χ2n) is 4.90. The number of aryl methyl sites for hydroxylation is 1. The average Bonchev–Trinajstić information content (AvgIpc) is 2.24. The van der Waals surface area contributed by atoms with Gasteiger partial charge in [0.25, 0.3) is 5.69 Å². The Hall–Kier alpha value is -1.49. The molecule has 1 N–H and O–H groups in total. The molecule has 100 valence electrons. The van der Waals surface area contributed by atoms with E-state index in [9.17, 15) is 19.6 Å². The Morgan fingerprint density at radius 2 is 2.06 bits per heavy atom. The molecule has 0 aromatic heterocycles. The molecule has 4 nitrogen and oxygen atoms in total. The number of nitrogens with zero attached hydrogens (tertiary/aromatic N) is 1. The lowest BCUT2D eigenvalue weighted by Crippen LogP contribution is -2.11. The van der Waals surface area contributed by atoms with Gasteiger partial charge in [-0.3, -0.25) is 10.1 Å². The molecule has 18 heavy (non-hydrogen) atoms. The van der Waals surface area contributed by atoms with Crippen LogP contribution in [-0.4, -0.2) is 16.1 Å². The van der Waals surface area contributed by atoms with E-state index < -0.39 is 16.8 Å². The van der Waals surface area contributed by atoms with E-state index in [1.165, 1.54) is 12.1 Å². The van der Waals surface area contributed by atoms with Gasteiger partial charge in [0.05, 0.1) is 17.1 Å². The first kappa shape index (κ1) is 14.6. The van der Waals surface area contributed by atoms with Gasteiger partial charge in [-0.15, -0.1) is 0 Å². The summed E-state index contributed by atoms with van der Waals surface area (Å²) in [5.74, 6) is -0.223. The normalized spacial score (nSPS) is 12.7. The molecule has 0 aliphatic carbocycles. The van der Waals surface area contributed by atoms with Crippen molar-refractivity contribution < 1.29 is 14.4 Å². The summed E-state index contributed by atoms with van der Waals surface area (Å²) in [5, 5.41) is 20.3. The second kappa shape index (κ2) is 6.44. The highest BCUT2D eigenvalue weighted by Crippen LogP contribution is 2.19. The van der Waals surface area contributed by atoms with Crippen LogP contribution in [0.5, 0.6) is 0 Å². The molecule has 0 spiro atoms. The summed E-state index contributed by atoms with van der Waals surface area (Å²) in [6.45, 7) is 4.02. The average molecular weight is 255 g/mol. The number of halogens is 1. The molecule has 0 heterocycles. The Morgan fingerprint density at radius 3 is 2.61 bits per heavy atom. The highest BCUT2D eigenvalue weighted by Gasteiger charge is 2.12. The predicted molar refractivity (Wildman–Crippen MR) is 66.8 cm³/mol. The Balaban J connectivity index is 2.64. The van der Waals surface area contributed by atoms with Crippen LogP contribution in [0.1, 0.15) is 32.3 Å². The molecule has 0 saturated carbocycles. The van der Waals surface area contributed by atoms with Crippen molar-refractivity contribution >= 4 is 5.69 Å². The highest BCUT2D eigenvalue weighted by molar-refractivity contribution is 5.35. The highest BCUT2D eigenvalue weighted by atomic mass is 19.1. The first-order chi connectivity index (χ1) is 8.38. The standard InChI is InChI=1S/C13H18FNO3/c1-9(2)5-13(16)4-3-10-6-11(14)8-12(7-10)15(17)18/h6-9,13,16H,3-5H2,1-2H3. The molecule has 0 aliphatic rings. The van der Waals surface area contributed by atoms with Crippen LogP contribution < -0.4 is 0 Å². The molecule has 0 saturated heterocycles. The summed E-state index contributed by atoms with van der Waals surface area (Å²) in [6, 6.07) is 3.52. The summed E-state index contributed by atoms with van der Waals surface area (Å²) in [5.41, 5.74) is 0.299. The number of hydrogen-bond donors (Lipinski definition) is 1. The van der Waals surface area contributed by atoms with E-state index in [0.29, 0.717) is 30.7 Å². The smallest absolute Gasteiger partial charge is 0.272 e. The number of rotatable bonds is 6. The lowest BCUT2D eigenvalue weighted by atomic mass is 9.99. The molecular weight excluding hydrogens is 237 g/mol. The summed E-state index contributed by atoms with van der Waals surface area (Å²) in [7, 11) is 0. The van der Waals surface area contributed by atoms with Gasteiger partial charge in [-0.25, -0.2) is 4.39 Å². The van der Waals surface area contributed by atoms with Crippen molar-refractivity contribution in [2.24, 2.45) is 5.92 Å². The summed E-state index contributed by atoms with van der Waals surface area (Å²) >= 11 is 0. The van der Waals surface area contributed by atoms with Crippen LogP contribution in [0, 0.1) is 21.8 Å². The monoisotopic (exact) mass is 255 g/mol. The quantitative estimate of drug-likeness (QED) is 0.627. The van der Waals surface area contributed by atoms with Crippen LogP contribution >= 0.6 is 0 Å². The first-order valence-electron chi connectivity index (χ1n) is 6.00. The molecule has 1 aromatic carbocycles. The molecule has 0 fully saturated rings. The van der Waals surface area contributed by atoms with Gasteiger partial charge < -0.3 is 5.11 Å². The first-order valence-corrected chi connectivity index (χ1v) is 6.00. The van der Waals surface area contributed by atoms with Crippen LogP contribution in [0.3, 0.4) is 0 Å². The topological polar surface area (TPSA) is 63.4 Å². The van der Waals surface area contributed by atoms with Gasteiger partial charge in [0, 0.05) is 6.07 Å². The maximum absolute atomic E-state index is 13.2. The lowest BCUT2D eigenvalue weighted by molar-refractivity contribution is -0.385. The number of aliphatic hydroxyl groups is 1. The third-order valence-corrected chi connectivity index (χ3v) is 2.66. The fraction of sp³-hybridized carbons (Fsp3) is 0.538. The molecule has 1 rings (SSSR count). The minimum atomic E-state index is -0.614. The molecule has 0 radical (unpaired) electrons. The molecule has 1 unspecified atom stereocenters. The summed E-state index contributed by atoms with van der Waals surface area (Å²) < 4.78 is 13.2. The van der Waals surface area contributed by atoms with Crippen molar-refractivity contribution in [1.82, 2.24) is 0 Å². The number of hydrogen-bond acceptors (Lipinski definition) is 3. The minimum Gasteiger partial charge on any atom is -0.393 e. The van der Waals surface area contributed by atoms with E-state index in [1.54, 1.807) is 0 Å². The van der Waals surface area contributed by atoms with Crippen molar-refractivity contribution in [3.63, 3.8) is 0 Å². The minimum absolute atomic E-state index is 0.247. The van der Waals surface area contributed by atoms with E-state index in [1.807, 2.05) is 13.8 Å². The molecule has 0 bridgehead atoms. The van der Waals surface area contributed by atoms with E-state index in [-0.39, 0.29) is 5.69 Å². The number of nitro groups is 1. The van der Waals surface area contributed by atoms with Gasteiger partial charge in [0.1, 0.15) is 5.82 Å². The molecule has 5 heteroatoms. The zero-order valence-electron chi connectivity index (χ0n) is 10.6. The van der Waals surface area contributed by atoms with Gasteiger partial charge in [0.2, 0.25) is 0 Å². The van der Waals surface area contributed by atoms with Crippen LogP contribution in [0.15, 0.2) is 18.2 Å². The van der Waals surface area contributed by atoms with Crippen LogP contribution in [0.2, 0.25) is 0 Å². The van der Waals surface area contributed by atoms with Crippen LogP contribution in [-0.2, 0) is 6.42 Å². The van der Waals surface area contributed by atoms with E-state index >= 15 is 0 Å². The van der Waals surface area contributed by atoms with E-state index in [4.69, 9.17) is 0 Å². The van der Waals surface area contributed by atoms with Crippen molar-refractivity contribution in [1.29, 1.82) is 0 Å². The fourth-order valence-electron chi connectivity index (χ4n) is 1.88. The Labute approximate surface area is 106 Å². The maximum Gasteiger partial charge on any atom is 0.272 e. The Morgan fingerprint density at radius 1 is 1.39 bits per heavy atom. The lowest BCUT2D eigenvalue weighted by Gasteiger charge is -2.12. The van der Waals surface area contributed by atoms with Gasteiger partial charge >= 0.3 is 0 Å². The van der Waals surface area contributed by atoms with Crippen molar-refractivity contribution in [3.05, 3.63) is 39.7 Å². The maximum atomic E-state index is 13.2. The third kappa shape index (κ3) is 4.79. The number of nitro benzene ring substituents is 1. The zero-order valence-corrected chi connectivity index (χ0v) is 10.6. The molecule has 0 amide bonds. The Bertz CT molecular complexity index is 421. The van der Waals surface area contributed by atoms with Gasteiger partial charge in [0.15, 0.2) is 0 Å². The number of benzene rings is 1. The molecule has 1 atom stereocenters. The summed E-state index contributed by atoms with van der Waals surface area (Å²) in [6.07, 6.45) is 1.15. The fourth-order valence-corrected chi connectivity index (χ4v) is 1.88. The number of aliphatic hydroxyl groups excluding tert-OH is 1. The van der Waals surface area contributed by atoms with Crippen molar-refractivity contribution in [2.45, 2.75) is 39.2 Å². The Kier molecular flexibility index (Phi) is 5.22. The van der Waals surface area contributed by atoms with Crippen molar-refractivity contribution in [3.8, 4) is 0 Å². The number of non-ortho nitro benzene ring substituents is 1. The molecule has 0 aliphatic heterocycles. The van der Waals surface area contributed by atoms with Crippen molar-refractivity contribution in [2.75, 3.05) is 0 Å². The summed E-state index contributed by atoms with van der Waals surface area (Å²) in [4.78, 5) is 9.96. The van der Waals surface area contributed by atoms with Crippen LogP contribution in [0.4, 0.5) is 10.1 Å². The van der Waals surface area contributed by atoms with Gasteiger partial charge in [-0.1, -0.05) is 13.8 Å². The third-order valence-electron chi connectivity index (χ3n) is 2.66. The van der Waals surface area contributed by atoms with E-state index in [0.717, 1.165) is 6.07 Å². The predicted octanol–water partition coefficient (Wildman–Crippen LogP) is 3.07. The molecular formula is C13H18FNO3. The molecule has 1 aromatic rings. The van der Waals surface area contributed by atoms with Crippen LogP contribution in [0.25, 0.3) is 0 Å².